The average Bonchev–Trinajstić information content (AvgIpc) is 2.95. The van der Waals surface area contributed by atoms with Crippen LogP contribution in [-0.4, -0.2) is 22.8 Å². The summed E-state index contributed by atoms with van der Waals surface area (Å²) >= 11 is 0. The van der Waals surface area contributed by atoms with E-state index in [0.717, 1.165) is 24.1 Å². The van der Waals surface area contributed by atoms with E-state index in [1.54, 1.807) is 12.1 Å². The molecule has 2 aromatic rings. The highest BCUT2D eigenvalue weighted by Gasteiger charge is 2.19. The van der Waals surface area contributed by atoms with Crippen LogP contribution in [0.2, 0.25) is 0 Å². The number of benzene rings is 2. The molecule has 0 fully saturated rings. The molecule has 5 nitrogen and oxygen atoms in total. The van der Waals surface area contributed by atoms with Crippen LogP contribution in [0.3, 0.4) is 0 Å². The van der Waals surface area contributed by atoms with E-state index < -0.39 is 17.7 Å². The number of aromatic carboxylic acids is 1. The third kappa shape index (κ3) is 4.97. The number of carboxylic acid groups (broad SMARTS) is 1. The van der Waals surface area contributed by atoms with Crippen molar-refractivity contribution in [1.29, 1.82) is 0 Å². The number of anilines is 1. The van der Waals surface area contributed by atoms with Gasteiger partial charge in [-0.3, -0.25) is 5.32 Å². The van der Waals surface area contributed by atoms with Gasteiger partial charge in [0.1, 0.15) is 5.60 Å². The van der Waals surface area contributed by atoms with Crippen LogP contribution >= 0.6 is 0 Å². The predicted octanol–water partition coefficient (Wildman–Crippen LogP) is 4.91. The van der Waals surface area contributed by atoms with Gasteiger partial charge in [0.05, 0.1) is 5.56 Å². The van der Waals surface area contributed by atoms with Gasteiger partial charge in [0.2, 0.25) is 0 Å². The first-order chi connectivity index (χ1) is 12.7. The number of hydrogen-bond acceptors (Lipinski definition) is 3. The third-order valence-electron chi connectivity index (χ3n) is 4.22. The molecule has 0 radical (unpaired) electrons. The first-order valence-corrected chi connectivity index (χ1v) is 8.84. The fourth-order valence-corrected chi connectivity index (χ4v) is 3.07. The number of amides is 1. The van der Waals surface area contributed by atoms with Gasteiger partial charge in [-0.05, 0) is 74.6 Å². The van der Waals surface area contributed by atoms with Crippen molar-refractivity contribution in [2.45, 2.75) is 39.2 Å². The van der Waals surface area contributed by atoms with E-state index in [1.807, 2.05) is 51.1 Å². The zero-order valence-corrected chi connectivity index (χ0v) is 15.7. The Balaban J connectivity index is 1.69. The Bertz CT molecular complexity index is 905. The molecule has 0 unspecified atom stereocenters. The fraction of sp³-hybridized carbons (Fsp3) is 0.273. The molecule has 0 heterocycles. The van der Waals surface area contributed by atoms with Crippen molar-refractivity contribution in [3.05, 3.63) is 70.3 Å². The van der Waals surface area contributed by atoms with Crippen molar-refractivity contribution in [3.8, 4) is 0 Å². The molecule has 0 saturated heterocycles. The van der Waals surface area contributed by atoms with Gasteiger partial charge in [0, 0.05) is 5.69 Å². The van der Waals surface area contributed by atoms with Crippen molar-refractivity contribution in [3.63, 3.8) is 0 Å². The molecule has 27 heavy (non-hydrogen) atoms. The molecule has 2 aromatic carbocycles. The molecule has 0 saturated carbocycles. The maximum atomic E-state index is 11.9. The second-order valence-corrected chi connectivity index (χ2v) is 7.69. The Kier molecular flexibility index (Phi) is 5.04. The Morgan fingerprint density at radius 3 is 2.33 bits per heavy atom. The number of fused-ring (bicyclic) bond motifs is 1. The van der Waals surface area contributed by atoms with Gasteiger partial charge in [-0.15, -0.1) is 0 Å². The average molecular weight is 365 g/mol. The summed E-state index contributed by atoms with van der Waals surface area (Å²) in [5, 5.41) is 11.7. The molecule has 1 aliphatic carbocycles. The van der Waals surface area contributed by atoms with Crippen LogP contribution in [0.1, 0.15) is 47.8 Å². The maximum absolute atomic E-state index is 11.9. The molecule has 5 heteroatoms. The number of nitrogens with one attached hydrogen (secondary N) is 1. The highest BCUT2D eigenvalue weighted by atomic mass is 16.6. The lowest BCUT2D eigenvalue weighted by atomic mass is 10.1. The second-order valence-electron chi connectivity index (χ2n) is 7.69. The molecule has 0 spiro atoms. The molecular weight excluding hydrogens is 342 g/mol. The minimum Gasteiger partial charge on any atom is -0.478 e. The summed E-state index contributed by atoms with van der Waals surface area (Å²) in [5.74, 6) is -0.924. The van der Waals surface area contributed by atoms with Crippen LogP contribution in [0.5, 0.6) is 0 Å². The highest BCUT2D eigenvalue weighted by molar-refractivity contribution is 5.88. The molecule has 0 aliphatic heterocycles. The van der Waals surface area contributed by atoms with E-state index in [-0.39, 0.29) is 5.56 Å². The predicted molar refractivity (Wildman–Crippen MR) is 105 cm³/mol. The molecule has 0 atom stereocenters. The number of allylic oxidation sites excluding steroid dienone is 1. The van der Waals surface area contributed by atoms with Crippen LogP contribution < -0.4 is 5.32 Å². The van der Waals surface area contributed by atoms with Gasteiger partial charge in [0.25, 0.3) is 0 Å². The minimum atomic E-state index is -0.924. The number of ether oxygens (including phenoxy) is 1. The normalized spacial score (nSPS) is 14.7. The van der Waals surface area contributed by atoms with Crippen LogP contribution in [0.4, 0.5) is 10.5 Å². The molecule has 1 amide bonds. The van der Waals surface area contributed by atoms with E-state index in [2.05, 4.69) is 11.4 Å². The molecule has 140 valence electrons. The summed E-state index contributed by atoms with van der Waals surface area (Å²) in [7, 11) is 0. The lowest BCUT2D eigenvalue weighted by Gasteiger charge is -2.19. The zero-order valence-electron chi connectivity index (χ0n) is 15.7. The number of hydrogen-bond donors (Lipinski definition) is 2. The summed E-state index contributed by atoms with van der Waals surface area (Å²) in [6.07, 6.45) is 3.28. The van der Waals surface area contributed by atoms with Crippen LogP contribution in [0.25, 0.3) is 6.08 Å². The topological polar surface area (TPSA) is 75.6 Å². The number of carbonyl (C=O) groups is 2. The van der Waals surface area contributed by atoms with Crippen molar-refractivity contribution < 1.29 is 19.4 Å². The van der Waals surface area contributed by atoms with Gasteiger partial charge >= 0.3 is 12.1 Å². The molecular formula is C22H23NO4. The Hall–Kier alpha value is -3.08. The van der Waals surface area contributed by atoms with E-state index in [9.17, 15) is 9.59 Å². The SMILES string of the molecule is CC(C)(C)OC(=O)Nc1ccc2c(c1)C/C(=C\c1ccc(C(=O)O)cc1)C2. The second kappa shape index (κ2) is 7.27. The summed E-state index contributed by atoms with van der Waals surface area (Å²) in [6.45, 7) is 5.49. The van der Waals surface area contributed by atoms with E-state index >= 15 is 0 Å². The largest absolute Gasteiger partial charge is 0.478 e. The standard InChI is InChI=1S/C22H23NO4/c1-22(2,3)27-21(26)23-19-9-8-17-11-15(12-18(17)13-19)10-14-4-6-16(7-5-14)20(24)25/h4-10,13H,11-12H2,1-3H3,(H,23,26)(H,24,25)/b15-10-. The van der Waals surface area contributed by atoms with Gasteiger partial charge in [-0.25, -0.2) is 9.59 Å². The highest BCUT2D eigenvalue weighted by Crippen LogP contribution is 2.30. The monoisotopic (exact) mass is 365 g/mol. The Morgan fingerprint density at radius 2 is 1.70 bits per heavy atom. The summed E-state index contributed by atoms with van der Waals surface area (Å²) in [6, 6.07) is 12.7. The lowest BCUT2D eigenvalue weighted by Crippen LogP contribution is -2.27. The molecule has 3 rings (SSSR count). The van der Waals surface area contributed by atoms with Gasteiger partial charge in [-0.1, -0.05) is 29.8 Å². The number of rotatable bonds is 3. The quantitative estimate of drug-likeness (QED) is 0.810. The van der Waals surface area contributed by atoms with Crippen LogP contribution in [0.15, 0.2) is 48.0 Å². The third-order valence-corrected chi connectivity index (χ3v) is 4.22. The first-order valence-electron chi connectivity index (χ1n) is 8.84. The van der Waals surface area contributed by atoms with Gasteiger partial charge in [0.15, 0.2) is 0 Å². The zero-order chi connectivity index (χ0) is 19.6. The fourth-order valence-electron chi connectivity index (χ4n) is 3.07. The van der Waals surface area contributed by atoms with Crippen molar-refractivity contribution in [2.24, 2.45) is 0 Å². The smallest absolute Gasteiger partial charge is 0.412 e. The van der Waals surface area contributed by atoms with Crippen LogP contribution in [-0.2, 0) is 17.6 Å². The summed E-state index contributed by atoms with van der Waals surface area (Å²) in [5.41, 5.74) is 5.11. The molecule has 1 aliphatic rings. The van der Waals surface area contributed by atoms with Gasteiger partial charge in [-0.2, -0.15) is 0 Å². The van der Waals surface area contributed by atoms with Crippen LogP contribution in [0, 0.1) is 0 Å². The Morgan fingerprint density at radius 1 is 1.04 bits per heavy atom. The first kappa shape index (κ1) is 18.7. The van der Waals surface area contributed by atoms with Crippen molar-refractivity contribution in [1.82, 2.24) is 0 Å². The van der Waals surface area contributed by atoms with Crippen molar-refractivity contribution in [2.75, 3.05) is 5.32 Å². The molecule has 0 bridgehead atoms. The maximum Gasteiger partial charge on any atom is 0.412 e. The molecule has 0 aromatic heterocycles. The number of carboxylic acids is 1. The van der Waals surface area contributed by atoms with Gasteiger partial charge < -0.3 is 9.84 Å². The minimum absolute atomic E-state index is 0.282. The van der Waals surface area contributed by atoms with Crippen molar-refractivity contribution >= 4 is 23.8 Å². The molecule has 2 N–H and O–H groups in total. The summed E-state index contributed by atoms with van der Waals surface area (Å²) in [4.78, 5) is 22.9. The lowest BCUT2D eigenvalue weighted by molar-refractivity contribution is 0.0634. The van der Waals surface area contributed by atoms with E-state index in [4.69, 9.17) is 9.84 Å². The summed E-state index contributed by atoms with van der Waals surface area (Å²) < 4.78 is 5.28. The Labute approximate surface area is 158 Å². The van der Waals surface area contributed by atoms with E-state index in [0.29, 0.717) is 0 Å². The van der Waals surface area contributed by atoms with E-state index in [1.165, 1.54) is 16.7 Å². The number of carbonyl (C=O) groups excluding carboxylic acids is 1.